The molecule has 0 saturated heterocycles. The van der Waals surface area contributed by atoms with Crippen LogP contribution < -0.4 is 5.32 Å². The van der Waals surface area contributed by atoms with Gasteiger partial charge in [-0.15, -0.1) is 0 Å². The fourth-order valence-corrected chi connectivity index (χ4v) is 2.46. The zero-order valence-corrected chi connectivity index (χ0v) is 9.46. The van der Waals surface area contributed by atoms with Crippen molar-refractivity contribution in [2.45, 2.75) is 25.8 Å². The summed E-state index contributed by atoms with van der Waals surface area (Å²) in [5, 5.41) is 12.5. The molecule has 1 aromatic rings. The van der Waals surface area contributed by atoms with E-state index in [0.717, 1.165) is 12.8 Å². The van der Waals surface area contributed by atoms with Gasteiger partial charge >= 0.3 is 0 Å². The summed E-state index contributed by atoms with van der Waals surface area (Å²) in [5.41, 5.74) is 4.28. The highest BCUT2D eigenvalue weighted by Crippen LogP contribution is 2.31. The summed E-state index contributed by atoms with van der Waals surface area (Å²) in [6, 6.07) is 6.91. The van der Waals surface area contributed by atoms with Crippen LogP contribution in [0.15, 0.2) is 18.2 Å². The Hall–Kier alpha value is -0.860. The van der Waals surface area contributed by atoms with Crippen molar-refractivity contribution in [2.24, 2.45) is 5.92 Å². The van der Waals surface area contributed by atoms with Crippen molar-refractivity contribution in [2.75, 3.05) is 13.7 Å². The van der Waals surface area contributed by atoms with Crippen LogP contribution in [0.2, 0.25) is 0 Å². The van der Waals surface area contributed by atoms with E-state index in [1.165, 1.54) is 16.7 Å². The van der Waals surface area contributed by atoms with Gasteiger partial charge in [-0.1, -0.05) is 18.2 Å². The normalized spacial score (nSPS) is 21.4. The second kappa shape index (κ2) is 4.33. The SMILES string of the molecule is CN[C@H](C)c1cccc2c1CC(CO)C2. The summed E-state index contributed by atoms with van der Waals surface area (Å²) in [7, 11) is 1.99. The number of hydrogen-bond acceptors (Lipinski definition) is 2. The summed E-state index contributed by atoms with van der Waals surface area (Å²) >= 11 is 0. The Kier molecular flexibility index (Phi) is 3.08. The van der Waals surface area contributed by atoms with Gasteiger partial charge < -0.3 is 10.4 Å². The van der Waals surface area contributed by atoms with Crippen molar-refractivity contribution >= 4 is 0 Å². The minimum absolute atomic E-state index is 0.308. The number of rotatable bonds is 3. The molecule has 2 atom stereocenters. The summed E-state index contributed by atoms with van der Waals surface area (Å²) in [6.07, 6.45) is 2.07. The Morgan fingerprint density at radius 2 is 2.27 bits per heavy atom. The van der Waals surface area contributed by atoms with Crippen molar-refractivity contribution < 1.29 is 5.11 Å². The number of benzene rings is 1. The van der Waals surface area contributed by atoms with E-state index in [2.05, 4.69) is 30.4 Å². The molecule has 15 heavy (non-hydrogen) atoms. The molecule has 2 N–H and O–H groups in total. The van der Waals surface area contributed by atoms with Gasteiger partial charge in [-0.2, -0.15) is 0 Å². The van der Waals surface area contributed by atoms with Crippen LogP contribution in [0.3, 0.4) is 0 Å². The maximum atomic E-state index is 9.21. The minimum atomic E-state index is 0.308. The fourth-order valence-electron chi connectivity index (χ4n) is 2.46. The van der Waals surface area contributed by atoms with Crippen molar-refractivity contribution in [3.63, 3.8) is 0 Å². The molecule has 0 saturated carbocycles. The van der Waals surface area contributed by atoms with Gasteiger partial charge in [0, 0.05) is 12.6 Å². The smallest absolute Gasteiger partial charge is 0.0465 e. The monoisotopic (exact) mass is 205 g/mol. The lowest BCUT2D eigenvalue weighted by atomic mass is 9.98. The largest absolute Gasteiger partial charge is 0.396 e. The molecule has 0 bridgehead atoms. The maximum Gasteiger partial charge on any atom is 0.0465 e. The topological polar surface area (TPSA) is 32.3 Å². The van der Waals surface area contributed by atoms with Crippen LogP contribution in [0.25, 0.3) is 0 Å². The van der Waals surface area contributed by atoms with Crippen LogP contribution in [0.4, 0.5) is 0 Å². The van der Waals surface area contributed by atoms with Crippen LogP contribution in [0, 0.1) is 5.92 Å². The number of nitrogens with one attached hydrogen (secondary N) is 1. The predicted molar refractivity (Wildman–Crippen MR) is 61.9 cm³/mol. The molecular weight excluding hydrogens is 186 g/mol. The number of fused-ring (bicyclic) bond motifs is 1. The first kappa shape index (κ1) is 10.7. The Balaban J connectivity index is 2.33. The van der Waals surface area contributed by atoms with Gasteiger partial charge in [-0.3, -0.25) is 0 Å². The number of aliphatic hydroxyl groups is 1. The first-order valence-electron chi connectivity index (χ1n) is 5.65. The molecule has 1 aliphatic carbocycles. The number of hydrogen-bond donors (Lipinski definition) is 2. The Labute approximate surface area is 91.3 Å². The molecule has 0 amide bonds. The van der Waals surface area contributed by atoms with E-state index in [0.29, 0.717) is 18.6 Å². The van der Waals surface area contributed by atoms with Crippen molar-refractivity contribution in [1.82, 2.24) is 5.32 Å². The highest BCUT2D eigenvalue weighted by molar-refractivity contribution is 5.40. The third kappa shape index (κ3) is 1.92. The maximum absolute atomic E-state index is 9.21. The van der Waals surface area contributed by atoms with E-state index in [1.807, 2.05) is 7.05 Å². The molecule has 0 aliphatic heterocycles. The second-order valence-corrected chi connectivity index (χ2v) is 4.45. The van der Waals surface area contributed by atoms with E-state index in [4.69, 9.17) is 0 Å². The number of aliphatic hydroxyl groups excluding tert-OH is 1. The van der Waals surface area contributed by atoms with Crippen molar-refractivity contribution in [3.8, 4) is 0 Å². The van der Waals surface area contributed by atoms with Gasteiger partial charge in [0.15, 0.2) is 0 Å². The summed E-state index contributed by atoms with van der Waals surface area (Å²) in [4.78, 5) is 0. The minimum Gasteiger partial charge on any atom is -0.396 e. The average molecular weight is 205 g/mol. The highest BCUT2D eigenvalue weighted by Gasteiger charge is 2.24. The first-order chi connectivity index (χ1) is 7.26. The molecule has 0 radical (unpaired) electrons. The van der Waals surface area contributed by atoms with Gasteiger partial charge in [0.2, 0.25) is 0 Å². The molecule has 82 valence electrons. The molecule has 1 aliphatic rings. The van der Waals surface area contributed by atoms with E-state index in [-0.39, 0.29) is 0 Å². The molecule has 1 unspecified atom stereocenters. The van der Waals surface area contributed by atoms with E-state index < -0.39 is 0 Å². The Bertz CT molecular complexity index is 348. The van der Waals surface area contributed by atoms with E-state index >= 15 is 0 Å². The lowest BCUT2D eigenvalue weighted by molar-refractivity contribution is 0.232. The average Bonchev–Trinajstić information content (AvgIpc) is 2.70. The van der Waals surface area contributed by atoms with Crippen molar-refractivity contribution in [1.29, 1.82) is 0 Å². The molecule has 2 rings (SSSR count). The predicted octanol–water partition coefficient (Wildman–Crippen LogP) is 1.67. The molecule has 0 aromatic heterocycles. The third-order valence-corrected chi connectivity index (χ3v) is 3.47. The quantitative estimate of drug-likeness (QED) is 0.787. The van der Waals surface area contributed by atoms with Gasteiger partial charge in [0.1, 0.15) is 0 Å². The molecule has 2 nitrogen and oxygen atoms in total. The van der Waals surface area contributed by atoms with Gasteiger partial charge in [-0.25, -0.2) is 0 Å². The van der Waals surface area contributed by atoms with E-state index in [1.54, 1.807) is 0 Å². The van der Waals surface area contributed by atoms with Gasteiger partial charge in [0.25, 0.3) is 0 Å². The Morgan fingerprint density at radius 1 is 1.47 bits per heavy atom. The molecule has 0 heterocycles. The lowest BCUT2D eigenvalue weighted by Crippen LogP contribution is -2.14. The summed E-state index contributed by atoms with van der Waals surface area (Å²) < 4.78 is 0. The van der Waals surface area contributed by atoms with Crippen LogP contribution in [-0.2, 0) is 12.8 Å². The lowest BCUT2D eigenvalue weighted by Gasteiger charge is -2.15. The third-order valence-electron chi connectivity index (χ3n) is 3.47. The van der Waals surface area contributed by atoms with Crippen LogP contribution in [0.1, 0.15) is 29.7 Å². The van der Waals surface area contributed by atoms with Crippen LogP contribution in [0.5, 0.6) is 0 Å². The standard InChI is InChI=1S/C13H19NO/c1-9(14-2)12-5-3-4-11-6-10(8-15)7-13(11)12/h3-5,9-10,14-15H,6-8H2,1-2H3/t9-,10?/m1/s1. The zero-order chi connectivity index (χ0) is 10.8. The molecule has 0 spiro atoms. The summed E-state index contributed by atoms with van der Waals surface area (Å²) in [5.74, 6) is 0.435. The second-order valence-electron chi connectivity index (χ2n) is 4.45. The molecule has 0 fully saturated rings. The molecule has 1 aromatic carbocycles. The van der Waals surface area contributed by atoms with Crippen LogP contribution >= 0.6 is 0 Å². The first-order valence-corrected chi connectivity index (χ1v) is 5.65. The van der Waals surface area contributed by atoms with Crippen LogP contribution in [-0.4, -0.2) is 18.8 Å². The zero-order valence-electron chi connectivity index (χ0n) is 9.46. The highest BCUT2D eigenvalue weighted by atomic mass is 16.3. The fraction of sp³-hybridized carbons (Fsp3) is 0.538. The molecule has 2 heteroatoms. The van der Waals surface area contributed by atoms with Gasteiger partial charge in [0.05, 0.1) is 0 Å². The Morgan fingerprint density at radius 3 is 2.93 bits per heavy atom. The van der Waals surface area contributed by atoms with E-state index in [9.17, 15) is 5.11 Å². The van der Waals surface area contributed by atoms with Gasteiger partial charge in [-0.05, 0) is 49.4 Å². The summed E-state index contributed by atoms with van der Waals surface area (Å²) in [6.45, 7) is 2.49. The molecular formula is C13H19NO. The van der Waals surface area contributed by atoms with Crippen molar-refractivity contribution in [3.05, 3.63) is 34.9 Å².